The molecule has 0 fully saturated rings. The van der Waals surface area contributed by atoms with E-state index in [4.69, 9.17) is 9.84 Å². The summed E-state index contributed by atoms with van der Waals surface area (Å²) in [6.45, 7) is 3.61. The lowest BCUT2D eigenvalue weighted by atomic mass is 10.1. The monoisotopic (exact) mass is 192 g/mol. The second kappa shape index (κ2) is 4.46. The fraction of sp³-hybridized carbons (Fsp3) is 0.182. The Morgan fingerprint density at radius 3 is 2.86 bits per heavy atom. The molecule has 1 rings (SSSR count). The van der Waals surface area contributed by atoms with E-state index < -0.39 is 5.97 Å². The number of methoxy groups -OCH3 is 1. The highest BCUT2D eigenvalue weighted by atomic mass is 16.5. The third kappa shape index (κ3) is 2.13. The molecule has 0 aromatic heterocycles. The third-order valence-electron chi connectivity index (χ3n) is 1.88. The number of carbonyl (C=O) groups is 1. The highest BCUT2D eigenvalue weighted by molar-refractivity contribution is 5.90. The molecular weight excluding hydrogens is 180 g/mol. The van der Waals surface area contributed by atoms with Crippen LogP contribution in [0.5, 0.6) is 5.75 Å². The predicted molar refractivity (Wildman–Crippen MR) is 53.9 cm³/mol. The fourth-order valence-electron chi connectivity index (χ4n) is 1.21. The molecule has 0 atom stereocenters. The van der Waals surface area contributed by atoms with Crippen molar-refractivity contribution in [3.05, 3.63) is 42.0 Å². The molecule has 0 radical (unpaired) electrons. The predicted octanol–water partition coefficient (Wildman–Crippen LogP) is 2.12. The fourth-order valence-corrected chi connectivity index (χ4v) is 1.21. The molecule has 1 aromatic rings. The van der Waals surface area contributed by atoms with Crippen LogP contribution in [0.2, 0.25) is 0 Å². The molecule has 0 unspecified atom stereocenters. The molecule has 0 bridgehead atoms. The Balaban J connectivity index is 3.10. The van der Waals surface area contributed by atoms with Crippen LogP contribution in [-0.2, 0) is 6.42 Å². The standard InChI is InChI=1S/C11H12O3/c1-3-4-8-5-6-9(11(12)13)10(7-8)14-2/h3,5-7H,1,4H2,2H3,(H,12,13). The van der Waals surface area contributed by atoms with Gasteiger partial charge in [-0.05, 0) is 24.1 Å². The third-order valence-corrected chi connectivity index (χ3v) is 1.88. The molecule has 0 amide bonds. The summed E-state index contributed by atoms with van der Waals surface area (Å²) < 4.78 is 4.98. The van der Waals surface area contributed by atoms with Crippen molar-refractivity contribution in [1.29, 1.82) is 0 Å². The summed E-state index contributed by atoms with van der Waals surface area (Å²) in [7, 11) is 1.46. The average molecular weight is 192 g/mol. The van der Waals surface area contributed by atoms with Crippen LogP contribution in [0.4, 0.5) is 0 Å². The van der Waals surface area contributed by atoms with E-state index in [1.54, 1.807) is 24.3 Å². The molecule has 1 N–H and O–H groups in total. The van der Waals surface area contributed by atoms with E-state index in [0.29, 0.717) is 12.2 Å². The number of ether oxygens (including phenoxy) is 1. The van der Waals surface area contributed by atoms with Crippen LogP contribution >= 0.6 is 0 Å². The second-order valence-electron chi connectivity index (χ2n) is 2.83. The highest BCUT2D eigenvalue weighted by Crippen LogP contribution is 2.20. The van der Waals surface area contributed by atoms with E-state index in [1.807, 2.05) is 0 Å². The van der Waals surface area contributed by atoms with Gasteiger partial charge in [-0.1, -0.05) is 12.1 Å². The largest absolute Gasteiger partial charge is 0.496 e. The highest BCUT2D eigenvalue weighted by Gasteiger charge is 2.10. The summed E-state index contributed by atoms with van der Waals surface area (Å²) in [4.78, 5) is 10.7. The van der Waals surface area contributed by atoms with E-state index in [0.717, 1.165) is 5.56 Å². The van der Waals surface area contributed by atoms with Gasteiger partial charge in [-0.15, -0.1) is 6.58 Å². The van der Waals surface area contributed by atoms with Crippen LogP contribution in [0.25, 0.3) is 0 Å². The van der Waals surface area contributed by atoms with E-state index in [9.17, 15) is 4.79 Å². The van der Waals surface area contributed by atoms with Crippen molar-refractivity contribution in [2.24, 2.45) is 0 Å². The van der Waals surface area contributed by atoms with Crippen molar-refractivity contribution >= 4 is 5.97 Å². The number of allylic oxidation sites excluding steroid dienone is 1. The van der Waals surface area contributed by atoms with Gasteiger partial charge >= 0.3 is 5.97 Å². The summed E-state index contributed by atoms with van der Waals surface area (Å²) in [5, 5.41) is 8.82. The first kappa shape index (κ1) is 10.3. The molecule has 1 aromatic carbocycles. The summed E-state index contributed by atoms with van der Waals surface area (Å²) in [6.07, 6.45) is 2.46. The van der Waals surface area contributed by atoms with Crippen LogP contribution in [0, 0.1) is 0 Å². The van der Waals surface area contributed by atoms with Gasteiger partial charge < -0.3 is 9.84 Å². The topological polar surface area (TPSA) is 46.5 Å². The van der Waals surface area contributed by atoms with Gasteiger partial charge in [0.2, 0.25) is 0 Å². The molecule has 74 valence electrons. The first-order chi connectivity index (χ1) is 6.69. The van der Waals surface area contributed by atoms with E-state index in [-0.39, 0.29) is 5.56 Å². The van der Waals surface area contributed by atoms with Gasteiger partial charge in [-0.3, -0.25) is 0 Å². The molecule has 0 spiro atoms. The quantitative estimate of drug-likeness (QED) is 0.743. The number of hydrogen-bond donors (Lipinski definition) is 1. The van der Waals surface area contributed by atoms with Crippen LogP contribution in [0.1, 0.15) is 15.9 Å². The Morgan fingerprint density at radius 2 is 2.36 bits per heavy atom. The number of carboxylic acids is 1. The Morgan fingerprint density at radius 1 is 1.64 bits per heavy atom. The summed E-state index contributed by atoms with van der Waals surface area (Å²) in [5.74, 6) is -0.594. The summed E-state index contributed by atoms with van der Waals surface area (Å²) >= 11 is 0. The first-order valence-electron chi connectivity index (χ1n) is 4.20. The number of benzene rings is 1. The Labute approximate surface area is 82.6 Å². The normalized spacial score (nSPS) is 9.50. The van der Waals surface area contributed by atoms with Gasteiger partial charge in [0.25, 0.3) is 0 Å². The Hall–Kier alpha value is -1.77. The molecule has 0 aliphatic rings. The van der Waals surface area contributed by atoms with Crippen molar-refractivity contribution in [2.45, 2.75) is 6.42 Å². The maximum Gasteiger partial charge on any atom is 0.339 e. The lowest BCUT2D eigenvalue weighted by Gasteiger charge is -2.06. The van der Waals surface area contributed by atoms with Crippen LogP contribution in [-0.4, -0.2) is 18.2 Å². The molecule has 0 aliphatic heterocycles. The number of aromatic carboxylic acids is 1. The van der Waals surface area contributed by atoms with Crippen molar-refractivity contribution < 1.29 is 14.6 Å². The molecule has 0 saturated heterocycles. The maximum atomic E-state index is 10.7. The van der Waals surface area contributed by atoms with Crippen molar-refractivity contribution in [2.75, 3.05) is 7.11 Å². The molecule has 14 heavy (non-hydrogen) atoms. The first-order valence-corrected chi connectivity index (χ1v) is 4.20. The number of rotatable bonds is 4. The van der Waals surface area contributed by atoms with Gasteiger partial charge in [0.15, 0.2) is 0 Å². The zero-order valence-corrected chi connectivity index (χ0v) is 7.99. The van der Waals surface area contributed by atoms with Crippen LogP contribution in [0.15, 0.2) is 30.9 Å². The molecule has 3 nitrogen and oxygen atoms in total. The Bertz CT molecular complexity index is 356. The molecular formula is C11H12O3. The SMILES string of the molecule is C=CCc1ccc(C(=O)O)c(OC)c1. The summed E-state index contributed by atoms with van der Waals surface area (Å²) in [6, 6.07) is 5.01. The van der Waals surface area contributed by atoms with Gasteiger partial charge in [0.1, 0.15) is 11.3 Å². The van der Waals surface area contributed by atoms with E-state index in [1.165, 1.54) is 7.11 Å². The molecule has 0 heterocycles. The van der Waals surface area contributed by atoms with Crippen molar-refractivity contribution in [1.82, 2.24) is 0 Å². The van der Waals surface area contributed by atoms with Crippen molar-refractivity contribution in [3.8, 4) is 5.75 Å². The minimum absolute atomic E-state index is 0.181. The lowest BCUT2D eigenvalue weighted by molar-refractivity contribution is 0.0693. The number of hydrogen-bond acceptors (Lipinski definition) is 2. The van der Waals surface area contributed by atoms with E-state index in [2.05, 4.69) is 6.58 Å². The minimum atomic E-state index is -0.980. The van der Waals surface area contributed by atoms with Crippen molar-refractivity contribution in [3.63, 3.8) is 0 Å². The summed E-state index contributed by atoms with van der Waals surface area (Å²) in [5.41, 5.74) is 1.17. The Kier molecular flexibility index (Phi) is 3.29. The lowest BCUT2D eigenvalue weighted by Crippen LogP contribution is -2.00. The van der Waals surface area contributed by atoms with Crippen LogP contribution in [0.3, 0.4) is 0 Å². The molecule has 3 heteroatoms. The minimum Gasteiger partial charge on any atom is -0.496 e. The van der Waals surface area contributed by atoms with Crippen LogP contribution < -0.4 is 4.74 Å². The van der Waals surface area contributed by atoms with Gasteiger partial charge in [-0.25, -0.2) is 4.79 Å². The second-order valence-corrected chi connectivity index (χ2v) is 2.83. The average Bonchev–Trinajstić information content (AvgIpc) is 2.17. The number of carboxylic acid groups (broad SMARTS) is 1. The van der Waals surface area contributed by atoms with E-state index >= 15 is 0 Å². The van der Waals surface area contributed by atoms with Gasteiger partial charge in [0, 0.05) is 0 Å². The van der Waals surface area contributed by atoms with Gasteiger partial charge in [-0.2, -0.15) is 0 Å². The molecule has 0 saturated carbocycles. The smallest absolute Gasteiger partial charge is 0.339 e. The zero-order valence-electron chi connectivity index (χ0n) is 7.99. The van der Waals surface area contributed by atoms with Gasteiger partial charge in [0.05, 0.1) is 7.11 Å². The zero-order chi connectivity index (χ0) is 10.6. The molecule has 0 aliphatic carbocycles. The maximum absolute atomic E-state index is 10.7.